The highest BCUT2D eigenvalue weighted by Crippen LogP contribution is 2.29. The van der Waals surface area contributed by atoms with E-state index in [0.717, 1.165) is 30.9 Å². The van der Waals surface area contributed by atoms with E-state index in [9.17, 15) is 4.79 Å². The molecule has 0 aromatic heterocycles. The maximum atomic E-state index is 12.4. The largest absolute Gasteiger partial charge is 0.496 e. The number of benzene rings is 1. The van der Waals surface area contributed by atoms with Crippen LogP contribution in [0.2, 0.25) is 0 Å². The van der Waals surface area contributed by atoms with Gasteiger partial charge in [-0.3, -0.25) is 4.79 Å². The SMILES string of the molecule is COc1ccccc1C(C)CC(=O)N1CCNC[C@@H]1C. The normalized spacial score (nSPS) is 20.6. The van der Waals surface area contributed by atoms with Crippen molar-refractivity contribution in [2.75, 3.05) is 26.7 Å². The molecule has 0 saturated carbocycles. The highest BCUT2D eigenvalue weighted by Gasteiger charge is 2.25. The quantitative estimate of drug-likeness (QED) is 0.914. The molecule has 20 heavy (non-hydrogen) atoms. The van der Waals surface area contributed by atoms with Crippen LogP contribution >= 0.6 is 0 Å². The van der Waals surface area contributed by atoms with Crippen molar-refractivity contribution in [1.29, 1.82) is 0 Å². The van der Waals surface area contributed by atoms with Crippen LogP contribution in [0.3, 0.4) is 0 Å². The number of nitrogens with one attached hydrogen (secondary N) is 1. The molecule has 0 aliphatic carbocycles. The van der Waals surface area contributed by atoms with Crippen LogP contribution in [0, 0.1) is 0 Å². The summed E-state index contributed by atoms with van der Waals surface area (Å²) in [4.78, 5) is 14.4. The molecule has 1 unspecified atom stereocenters. The van der Waals surface area contributed by atoms with Crippen molar-refractivity contribution in [3.05, 3.63) is 29.8 Å². The van der Waals surface area contributed by atoms with Crippen molar-refractivity contribution in [2.24, 2.45) is 0 Å². The lowest BCUT2D eigenvalue weighted by atomic mass is 9.95. The Morgan fingerprint density at radius 3 is 2.95 bits per heavy atom. The van der Waals surface area contributed by atoms with E-state index in [4.69, 9.17) is 4.74 Å². The van der Waals surface area contributed by atoms with Crippen LogP contribution in [0.15, 0.2) is 24.3 Å². The van der Waals surface area contributed by atoms with Gasteiger partial charge >= 0.3 is 0 Å². The molecule has 1 aromatic carbocycles. The van der Waals surface area contributed by atoms with Gasteiger partial charge in [-0.05, 0) is 24.5 Å². The van der Waals surface area contributed by atoms with E-state index in [1.165, 1.54) is 0 Å². The number of rotatable bonds is 4. The van der Waals surface area contributed by atoms with Gasteiger partial charge in [-0.15, -0.1) is 0 Å². The molecule has 0 spiro atoms. The number of ether oxygens (including phenoxy) is 1. The summed E-state index contributed by atoms with van der Waals surface area (Å²) in [7, 11) is 1.67. The smallest absolute Gasteiger partial charge is 0.223 e. The first-order valence-corrected chi connectivity index (χ1v) is 7.26. The Labute approximate surface area is 121 Å². The molecule has 2 atom stereocenters. The van der Waals surface area contributed by atoms with Gasteiger partial charge in [0.2, 0.25) is 5.91 Å². The molecule has 110 valence electrons. The van der Waals surface area contributed by atoms with Crippen LogP contribution < -0.4 is 10.1 Å². The van der Waals surface area contributed by atoms with E-state index in [1.54, 1.807) is 7.11 Å². The zero-order chi connectivity index (χ0) is 14.5. The molecule has 1 heterocycles. The Balaban J connectivity index is 2.03. The summed E-state index contributed by atoms with van der Waals surface area (Å²) in [6, 6.07) is 8.21. The Hall–Kier alpha value is -1.55. The van der Waals surface area contributed by atoms with Crippen LogP contribution in [0.4, 0.5) is 0 Å². The standard InChI is InChI=1S/C16H24N2O2/c1-12(14-6-4-5-7-15(14)20-3)10-16(19)18-9-8-17-11-13(18)2/h4-7,12-13,17H,8-11H2,1-3H3/t12?,13-/m0/s1. The number of hydrogen-bond acceptors (Lipinski definition) is 3. The molecular weight excluding hydrogens is 252 g/mol. The first-order valence-electron chi connectivity index (χ1n) is 7.26. The summed E-state index contributed by atoms with van der Waals surface area (Å²) in [5.41, 5.74) is 1.10. The van der Waals surface area contributed by atoms with Crippen LogP contribution in [0.25, 0.3) is 0 Å². The molecule has 4 heteroatoms. The molecule has 1 fully saturated rings. The minimum Gasteiger partial charge on any atom is -0.496 e. The van der Waals surface area contributed by atoms with E-state index in [0.29, 0.717) is 6.42 Å². The third-order valence-electron chi connectivity index (χ3n) is 3.97. The second-order valence-corrected chi connectivity index (χ2v) is 5.49. The van der Waals surface area contributed by atoms with E-state index in [1.807, 2.05) is 29.2 Å². The summed E-state index contributed by atoms with van der Waals surface area (Å²) >= 11 is 0. The molecule has 0 radical (unpaired) electrons. The highest BCUT2D eigenvalue weighted by molar-refractivity contribution is 5.77. The summed E-state index contributed by atoms with van der Waals surface area (Å²) in [6.07, 6.45) is 0.532. The zero-order valence-corrected chi connectivity index (χ0v) is 12.6. The Kier molecular flexibility index (Phi) is 5.01. The van der Waals surface area contributed by atoms with Crippen molar-refractivity contribution >= 4 is 5.91 Å². The van der Waals surface area contributed by atoms with Gasteiger partial charge in [-0.25, -0.2) is 0 Å². The lowest BCUT2D eigenvalue weighted by molar-refractivity contribution is -0.134. The van der Waals surface area contributed by atoms with Crippen LogP contribution in [0.1, 0.15) is 31.7 Å². The van der Waals surface area contributed by atoms with Crippen LogP contribution in [-0.2, 0) is 4.79 Å². The van der Waals surface area contributed by atoms with Crippen molar-refractivity contribution in [2.45, 2.75) is 32.2 Å². The number of piperazine rings is 1. The Bertz CT molecular complexity index is 462. The third-order valence-corrected chi connectivity index (χ3v) is 3.97. The Morgan fingerprint density at radius 2 is 2.25 bits per heavy atom. The second kappa shape index (κ2) is 6.75. The van der Waals surface area contributed by atoms with Crippen molar-refractivity contribution < 1.29 is 9.53 Å². The molecule has 2 rings (SSSR count). The predicted molar refractivity (Wildman–Crippen MR) is 80.1 cm³/mol. The van der Waals surface area contributed by atoms with Crippen LogP contribution in [-0.4, -0.2) is 43.6 Å². The highest BCUT2D eigenvalue weighted by atomic mass is 16.5. The van der Waals surface area contributed by atoms with Gasteiger partial charge in [-0.1, -0.05) is 25.1 Å². The van der Waals surface area contributed by atoms with Crippen molar-refractivity contribution in [3.63, 3.8) is 0 Å². The summed E-state index contributed by atoms with van der Waals surface area (Å²) < 4.78 is 5.38. The van der Waals surface area contributed by atoms with Gasteiger partial charge in [0.25, 0.3) is 0 Å². The summed E-state index contributed by atoms with van der Waals surface area (Å²) in [6.45, 7) is 6.76. The summed E-state index contributed by atoms with van der Waals surface area (Å²) in [5, 5.41) is 3.31. The molecule has 1 saturated heterocycles. The molecule has 4 nitrogen and oxygen atoms in total. The monoisotopic (exact) mass is 276 g/mol. The first kappa shape index (κ1) is 14.9. The molecule has 0 bridgehead atoms. The number of carbonyl (C=O) groups excluding carboxylic acids is 1. The molecular formula is C16H24N2O2. The maximum absolute atomic E-state index is 12.4. The van der Waals surface area contributed by atoms with Crippen LogP contribution in [0.5, 0.6) is 5.75 Å². The molecule has 1 N–H and O–H groups in total. The van der Waals surface area contributed by atoms with E-state index in [2.05, 4.69) is 19.2 Å². The molecule has 1 aliphatic heterocycles. The fourth-order valence-electron chi connectivity index (χ4n) is 2.77. The topological polar surface area (TPSA) is 41.6 Å². The second-order valence-electron chi connectivity index (χ2n) is 5.49. The van der Waals surface area contributed by atoms with Gasteiger partial charge in [0.05, 0.1) is 7.11 Å². The zero-order valence-electron chi connectivity index (χ0n) is 12.6. The van der Waals surface area contributed by atoms with Gasteiger partial charge < -0.3 is 15.0 Å². The van der Waals surface area contributed by atoms with E-state index >= 15 is 0 Å². The number of nitrogens with zero attached hydrogens (tertiary/aromatic N) is 1. The number of methoxy groups -OCH3 is 1. The molecule has 1 aromatic rings. The first-order chi connectivity index (χ1) is 9.63. The van der Waals surface area contributed by atoms with Gasteiger partial charge in [-0.2, -0.15) is 0 Å². The van der Waals surface area contributed by atoms with Gasteiger partial charge in [0.15, 0.2) is 0 Å². The molecule has 1 aliphatic rings. The van der Waals surface area contributed by atoms with Gasteiger partial charge in [0, 0.05) is 32.1 Å². The lowest BCUT2D eigenvalue weighted by Gasteiger charge is -2.34. The fraction of sp³-hybridized carbons (Fsp3) is 0.562. The average molecular weight is 276 g/mol. The minimum absolute atomic E-state index is 0.167. The fourth-order valence-corrected chi connectivity index (χ4v) is 2.77. The van der Waals surface area contributed by atoms with E-state index in [-0.39, 0.29) is 17.9 Å². The predicted octanol–water partition coefficient (Wildman–Crippen LogP) is 2.01. The van der Waals surface area contributed by atoms with Crippen molar-refractivity contribution in [3.8, 4) is 5.75 Å². The van der Waals surface area contributed by atoms with Gasteiger partial charge in [0.1, 0.15) is 5.75 Å². The number of amides is 1. The third kappa shape index (κ3) is 3.31. The van der Waals surface area contributed by atoms with Crippen molar-refractivity contribution in [1.82, 2.24) is 10.2 Å². The van der Waals surface area contributed by atoms with E-state index < -0.39 is 0 Å². The summed E-state index contributed by atoms with van der Waals surface area (Å²) in [5.74, 6) is 1.26. The number of hydrogen-bond donors (Lipinski definition) is 1. The number of carbonyl (C=O) groups is 1. The number of para-hydroxylation sites is 1. The minimum atomic E-state index is 0.167. The lowest BCUT2D eigenvalue weighted by Crippen LogP contribution is -2.52. The Morgan fingerprint density at radius 1 is 1.50 bits per heavy atom. The molecule has 1 amide bonds. The average Bonchev–Trinajstić information content (AvgIpc) is 2.47. The maximum Gasteiger partial charge on any atom is 0.223 e.